The lowest BCUT2D eigenvalue weighted by Crippen LogP contribution is -1.94. The molecule has 1 unspecified atom stereocenters. The zero-order valence-electron chi connectivity index (χ0n) is 10.1. The standard InChI is InChI=1S/C15H18O/c1-4-10(2)14-9-13(16)8-12-7-5-6-11(3)15(12)14/h5-10,16H,4H2,1-3H3. The number of phenolic OH excluding ortho intramolecular Hbond substituents is 1. The first-order valence-corrected chi connectivity index (χ1v) is 5.85. The maximum Gasteiger partial charge on any atom is 0.116 e. The van der Waals surface area contributed by atoms with E-state index < -0.39 is 0 Å². The quantitative estimate of drug-likeness (QED) is 0.787. The van der Waals surface area contributed by atoms with Gasteiger partial charge in [-0.2, -0.15) is 0 Å². The van der Waals surface area contributed by atoms with Gasteiger partial charge in [-0.25, -0.2) is 0 Å². The molecule has 1 nitrogen and oxygen atoms in total. The number of aromatic hydroxyl groups is 1. The molecule has 0 saturated carbocycles. The Bertz CT molecular complexity index is 514. The van der Waals surface area contributed by atoms with Gasteiger partial charge in [-0.05, 0) is 53.3 Å². The number of aryl methyl sites for hydroxylation is 1. The first-order valence-electron chi connectivity index (χ1n) is 5.85. The van der Waals surface area contributed by atoms with Gasteiger partial charge in [0.15, 0.2) is 0 Å². The first kappa shape index (κ1) is 11.0. The zero-order chi connectivity index (χ0) is 11.7. The summed E-state index contributed by atoms with van der Waals surface area (Å²) < 4.78 is 0. The van der Waals surface area contributed by atoms with Gasteiger partial charge in [-0.1, -0.05) is 32.0 Å². The van der Waals surface area contributed by atoms with E-state index in [1.54, 1.807) is 0 Å². The van der Waals surface area contributed by atoms with Crippen LogP contribution in [0.4, 0.5) is 0 Å². The van der Waals surface area contributed by atoms with E-state index in [1.807, 2.05) is 18.2 Å². The second-order valence-electron chi connectivity index (χ2n) is 4.52. The van der Waals surface area contributed by atoms with Crippen LogP contribution in [-0.2, 0) is 0 Å². The van der Waals surface area contributed by atoms with Crippen LogP contribution in [0.25, 0.3) is 10.8 Å². The van der Waals surface area contributed by atoms with Crippen LogP contribution < -0.4 is 0 Å². The van der Waals surface area contributed by atoms with Gasteiger partial charge in [0, 0.05) is 0 Å². The highest BCUT2D eigenvalue weighted by molar-refractivity contribution is 5.90. The zero-order valence-corrected chi connectivity index (χ0v) is 10.1. The fourth-order valence-electron chi connectivity index (χ4n) is 2.25. The van der Waals surface area contributed by atoms with E-state index in [2.05, 4.69) is 32.9 Å². The molecule has 0 radical (unpaired) electrons. The largest absolute Gasteiger partial charge is 0.508 e. The number of rotatable bonds is 2. The van der Waals surface area contributed by atoms with Crippen LogP contribution >= 0.6 is 0 Å². The Hall–Kier alpha value is -1.50. The first-order chi connectivity index (χ1) is 7.63. The van der Waals surface area contributed by atoms with Crippen molar-refractivity contribution in [1.82, 2.24) is 0 Å². The molecule has 1 atom stereocenters. The average molecular weight is 214 g/mol. The molecule has 2 aromatic rings. The van der Waals surface area contributed by atoms with E-state index in [1.165, 1.54) is 16.5 Å². The summed E-state index contributed by atoms with van der Waals surface area (Å²) >= 11 is 0. The van der Waals surface area contributed by atoms with Crippen molar-refractivity contribution >= 4 is 10.8 Å². The van der Waals surface area contributed by atoms with Crippen molar-refractivity contribution < 1.29 is 5.11 Å². The summed E-state index contributed by atoms with van der Waals surface area (Å²) in [6, 6.07) is 9.98. The summed E-state index contributed by atoms with van der Waals surface area (Å²) in [5.74, 6) is 0.851. The molecule has 0 bridgehead atoms. The fourth-order valence-corrected chi connectivity index (χ4v) is 2.25. The van der Waals surface area contributed by atoms with Gasteiger partial charge in [-0.3, -0.25) is 0 Å². The van der Waals surface area contributed by atoms with Crippen LogP contribution in [0, 0.1) is 6.92 Å². The van der Waals surface area contributed by atoms with Crippen LogP contribution in [0.3, 0.4) is 0 Å². The third kappa shape index (κ3) is 1.78. The molecule has 0 aliphatic rings. The molecule has 1 heteroatoms. The topological polar surface area (TPSA) is 20.2 Å². The molecular weight excluding hydrogens is 196 g/mol. The van der Waals surface area contributed by atoms with E-state index in [-0.39, 0.29) is 0 Å². The Kier molecular flexibility index (Phi) is 2.86. The van der Waals surface area contributed by atoms with E-state index in [4.69, 9.17) is 0 Å². The third-order valence-electron chi connectivity index (χ3n) is 3.34. The minimum absolute atomic E-state index is 0.369. The Morgan fingerprint density at radius 3 is 2.69 bits per heavy atom. The normalized spacial score (nSPS) is 12.9. The van der Waals surface area contributed by atoms with Crippen LogP contribution in [-0.4, -0.2) is 5.11 Å². The van der Waals surface area contributed by atoms with Gasteiger partial charge >= 0.3 is 0 Å². The minimum atomic E-state index is 0.369. The molecule has 84 valence electrons. The average Bonchev–Trinajstić information content (AvgIpc) is 2.27. The molecular formula is C15H18O. The predicted molar refractivity (Wildman–Crippen MR) is 69.1 cm³/mol. The lowest BCUT2D eigenvalue weighted by molar-refractivity contribution is 0.475. The SMILES string of the molecule is CCC(C)c1cc(O)cc2cccc(C)c12. The lowest BCUT2D eigenvalue weighted by atomic mass is 9.90. The Balaban J connectivity index is 2.80. The van der Waals surface area contributed by atoms with Gasteiger partial charge in [0.05, 0.1) is 0 Å². The second-order valence-corrected chi connectivity index (χ2v) is 4.52. The molecule has 0 aromatic heterocycles. The number of benzene rings is 2. The summed E-state index contributed by atoms with van der Waals surface area (Å²) in [5.41, 5.74) is 2.54. The van der Waals surface area contributed by atoms with Crippen LogP contribution in [0.15, 0.2) is 30.3 Å². The van der Waals surface area contributed by atoms with Gasteiger partial charge < -0.3 is 5.11 Å². The third-order valence-corrected chi connectivity index (χ3v) is 3.34. The second kappa shape index (κ2) is 4.17. The maximum atomic E-state index is 9.75. The molecule has 0 amide bonds. The van der Waals surface area contributed by atoms with Gasteiger partial charge in [0.2, 0.25) is 0 Å². The fraction of sp³-hybridized carbons (Fsp3) is 0.333. The summed E-state index contributed by atoms with van der Waals surface area (Å²) in [5, 5.41) is 12.2. The van der Waals surface area contributed by atoms with Crippen molar-refractivity contribution in [3.8, 4) is 5.75 Å². The number of phenols is 1. The molecule has 0 fully saturated rings. The van der Waals surface area contributed by atoms with Crippen molar-refractivity contribution in [3.63, 3.8) is 0 Å². The minimum Gasteiger partial charge on any atom is -0.508 e. The molecule has 1 N–H and O–H groups in total. The lowest BCUT2D eigenvalue weighted by Gasteiger charge is -2.15. The smallest absolute Gasteiger partial charge is 0.116 e. The summed E-state index contributed by atoms with van der Waals surface area (Å²) in [4.78, 5) is 0. The van der Waals surface area contributed by atoms with Gasteiger partial charge in [0.25, 0.3) is 0 Å². The van der Waals surface area contributed by atoms with Crippen molar-refractivity contribution in [3.05, 3.63) is 41.5 Å². The Morgan fingerprint density at radius 1 is 1.25 bits per heavy atom. The van der Waals surface area contributed by atoms with Crippen LogP contribution in [0.2, 0.25) is 0 Å². The molecule has 2 rings (SSSR count). The van der Waals surface area contributed by atoms with E-state index >= 15 is 0 Å². The Morgan fingerprint density at radius 2 is 2.00 bits per heavy atom. The highest BCUT2D eigenvalue weighted by atomic mass is 16.3. The molecule has 0 aliphatic carbocycles. The van der Waals surface area contributed by atoms with E-state index in [9.17, 15) is 5.11 Å². The van der Waals surface area contributed by atoms with Crippen LogP contribution in [0.5, 0.6) is 5.75 Å². The molecule has 16 heavy (non-hydrogen) atoms. The highest BCUT2D eigenvalue weighted by Gasteiger charge is 2.11. The molecule has 0 spiro atoms. The molecule has 2 aromatic carbocycles. The van der Waals surface area contributed by atoms with Gasteiger partial charge in [0.1, 0.15) is 5.75 Å². The monoisotopic (exact) mass is 214 g/mol. The van der Waals surface area contributed by atoms with Crippen molar-refractivity contribution in [2.45, 2.75) is 33.1 Å². The summed E-state index contributed by atoms with van der Waals surface area (Å²) in [6.07, 6.45) is 1.09. The van der Waals surface area contributed by atoms with E-state index in [0.717, 1.165) is 11.8 Å². The maximum absolute atomic E-state index is 9.75. The molecule has 0 saturated heterocycles. The van der Waals surface area contributed by atoms with Crippen molar-refractivity contribution in [1.29, 1.82) is 0 Å². The summed E-state index contributed by atoms with van der Waals surface area (Å²) in [7, 11) is 0. The summed E-state index contributed by atoms with van der Waals surface area (Å²) in [6.45, 7) is 6.52. The van der Waals surface area contributed by atoms with Crippen molar-refractivity contribution in [2.24, 2.45) is 0 Å². The number of hydrogen-bond donors (Lipinski definition) is 1. The highest BCUT2D eigenvalue weighted by Crippen LogP contribution is 2.33. The Labute approximate surface area is 96.7 Å². The molecule has 0 heterocycles. The van der Waals surface area contributed by atoms with Crippen molar-refractivity contribution in [2.75, 3.05) is 0 Å². The van der Waals surface area contributed by atoms with E-state index in [0.29, 0.717) is 11.7 Å². The predicted octanol–water partition coefficient (Wildman–Crippen LogP) is 4.37. The molecule has 0 aliphatic heterocycles. The van der Waals surface area contributed by atoms with Gasteiger partial charge in [-0.15, -0.1) is 0 Å². The number of fused-ring (bicyclic) bond motifs is 1. The number of hydrogen-bond acceptors (Lipinski definition) is 1. The van der Waals surface area contributed by atoms with Crippen LogP contribution in [0.1, 0.15) is 37.3 Å².